The summed E-state index contributed by atoms with van der Waals surface area (Å²) in [7, 11) is 0. The van der Waals surface area contributed by atoms with Gasteiger partial charge in [-0.25, -0.2) is 5.84 Å². The first-order valence-electron chi connectivity index (χ1n) is 6.92. The molecular weight excluding hydrogens is 270 g/mol. The molecule has 0 fully saturated rings. The van der Waals surface area contributed by atoms with Crippen LogP contribution in [0.4, 0.5) is 0 Å². The van der Waals surface area contributed by atoms with E-state index in [1.54, 1.807) is 23.6 Å². The van der Waals surface area contributed by atoms with Crippen LogP contribution >= 0.6 is 0 Å². The molecule has 21 heavy (non-hydrogen) atoms. The predicted octanol–water partition coefficient (Wildman–Crippen LogP) is 0.890. The van der Waals surface area contributed by atoms with Crippen LogP contribution in [0.15, 0.2) is 27.4 Å². The van der Waals surface area contributed by atoms with Crippen molar-refractivity contribution in [1.82, 2.24) is 9.99 Å². The quantitative estimate of drug-likeness (QED) is 0.498. The third kappa shape index (κ3) is 2.38. The van der Waals surface area contributed by atoms with Gasteiger partial charge in [-0.2, -0.15) is 0 Å². The van der Waals surface area contributed by atoms with Gasteiger partial charge in [0.05, 0.1) is 12.1 Å². The maximum atomic E-state index is 12.1. The molecule has 2 aromatic heterocycles. The van der Waals surface area contributed by atoms with Crippen molar-refractivity contribution in [2.24, 2.45) is 5.84 Å². The summed E-state index contributed by atoms with van der Waals surface area (Å²) in [5, 5.41) is 0. The zero-order valence-electron chi connectivity index (χ0n) is 11.8. The number of fused-ring (bicyclic) bond motifs is 1. The first-order chi connectivity index (χ1) is 10.1. The second-order valence-corrected chi connectivity index (χ2v) is 5.24. The van der Waals surface area contributed by atoms with Gasteiger partial charge in [-0.3, -0.25) is 15.0 Å². The Balaban J connectivity index is 1.97. The number of nitrogens with two attached hydrogens (primary N) is 1. The Morgan fingerprint density at radius 2 is 2.24 bits per heavy atom. The summed E-state index contributed by atoms with van der Waals surface area (Å²) in [4.78, 5) is 23.7. The Morgan fingerprint density at radius 3 is 3.00 bits per heavy atom. The fourth-order valence-electron chi connectivity index (χ4n) is 2.89. The third-order valence-electron chi connectivity index (χ3n) is 3.91. The average Bonchev–Trinajstić information content (AvgIpc) is 3.07. The van der Waals surface area contributed by atoms with Gasteiger partial charge in [-0.15, -0.1) is 0 Å². The minimum Gasteiger partial charge on any atom is -0.464 e. The molecule has 0 spiro atoms. The second kappa shape index (κ2) is 5.21. The standard InChI is InChI=1S/C15H17N3O3/c1-9-12(15(20)17-16)7-11(21-9)8-18-13-4-2-3-10(13)5-6-14(18)19/h5-7H,2-4,8,16H2,1H3,(H,17,20). The molecule has 1 aliphatic carbocycles. The van der Waals surface area contributed by atoms with E-state index in [4.69, 9.17) is 10.3 Å². The van der Waals surface area contributed by atoms with E-state index < -0.39 is 5.91 Å². The summed E-state index contributed by atoms with van der Waals surface area (Å²) in [6, 6.07) is 5.13. The fraction of sp³-hybridized carbons (Fsp3) is 0.333. The lowest BCUT2D eigenvalue weighted by Crippen LogP contribution is -2.30. The lowest BCUT2D eigenvalue weighted by Gasteiger charge is -2.10. The van der Waals surface area contributed by atoms with Crippen LogP contribution in [0.2, 0.25) is 0 Å². The van der Waals surface area contributed by atoms with Gasteiger partial charge >= 0.3 is 0 Å². The van der Waals surface area contributed by atoms with Gasteiger partial charge in [0, 0.05) is 11.8 Å². The highest BCUT2D eigenvalue weighted by Crippen LogP contribution is 2.22. The Hall–Kier alpha value is -2.34. The number of aryl methyl sites for hydroxylation is 2. The number of furan rings is 1. The summed E-state index contributed by atoms with van der Waals surface area (Å²) < 4.78 is 7.31. The molecule has 0 atom stereocenters. The predicted molar refractivity (Wildman–Crippen MR) is 76.9 cm³/mol. The number of nitrogen functional groups attached to an aromatic ring is 1. The monoisotopic (exact) mass is 287 g/mol. The molecule has 2 aromatic rings. The molecule has 0 bridgehead atoms. The molecule has 6 nitrogen and oxygen atoms in total. The third-order valence-corrected chi connectivity index (χ3v) is 3.91. The number of rotatable bonds is 3. The van der Waals surface area contributed by atoms with Gasteiger partial charge in [-0.1, -0.05) is 6.07 Å². The minimum absolute atomic E-state index is 0.0467. The van der Waals surface area contributed by atoms with E-state index in [0.29, 0.717) is 23.6 Å². The highest BCUT2D eigenvalue weighted by Gasteiger charge is 2.18. The van der Waals surface area contributed by atoms with Gasteiger partial charge < -0.3 is 8.98 Å². The van der Waals surface area contributed by atoms with E-state index in [2.05, 4.69) is 5.43 Å². The Bertz CT molecular complexity index is 758. The van der Waals surface area contributed by atoms with Crippen LogP contribution in [0.25, 0.3) is 0 Å². The zero-order chi connectivity index (χ0) is 15.0. The summed E-state index contributed by atoms with van der Waals surface area (Å²) in [5.74, 6) is 5.81. The largest absolute Gasteiger partial charge is 0.464 e. The molecule has 1 amide bonds. The van der Waals surface area contributed by atoms with Gasteiger partial charge in [0.2, 0.25) is 0 Å². The lowest BCUT2D eigenvalue weighted by atomic mass is 10.2. The molecular formula is C15H17N3O3. The smallest absolute Gasteiger partial charge is 0.268 e. The number of amides is 1. The SMILES string of the molecule is Cc1oc(Cn2c3c(ccc2=O)CCC3)cc1C(=O)NN. The second-order valence-electron chi connectivity index (χ2n) is 5.24. The Labute approximate surface area is 121 Å². The number of hydrogen-bond acceptors (Lipinski definition) is 4. The fourth-order valence-corrected chi connectivity index (χ4v) is 2.89. The van der Waals surface area contributed by atoms with Gasteiger partial charge in [0.1, 0.15) is 11.5 Å². The molecule has 0 radical (unpaired) electrons. The van der Waals surface area contributed by atoms with E-state index in [1.807, 2.05) is 6.07 Å². The number of carbonyl (C=O) groups is 1. The van der Waals surface area contributed by atoms with Crippen molar-refractivity contribution in [3.8, 4) is 0 Å². The number of nitrogens with one attached hydrogen (secondary N) is 1. The van der Waals surface area contributed by atoms with E-state index in [1.165, 1.54) is 5.56 Å². The number of pyridine rings is 1. The first kappa shape index (κ1) is 13.6. The van der Waals surface area contributed by atoms with Crippen LogP contribution in [0.3, 0.4) is 0 Å². The lowest BCUT2D eigenvalue weighted by molar-refractivity contribution is 0.0952. The molecule has 1 aliphatic rings. The molecule has 0 unspecified atom stereocenters. The van der Waals surface area contributed by atoms with Crippen molar-refractivity contribution in [1.29, 1.82) is 0 Å². The highest BCUT2D eigenvalue weighted by molar-refractivity contribution is 5.94. The number of nitrogens with zero attached hydrogens (tertiary/aromatic N) is 1. The van der Waals surface area contributed by atoms with Crippen LogP contribution in [0.5, 0.6) is 0 Å². The van der Waals surface area contributed by atoms with Crippen molar-refractivity contribution in [3.05, 3.63) is 56.9 Å². The molecule has 6 heteroatoms. The topological polar surface area (TPSA) is 90.3 Å². The molecule has 3 rings (SSSR count). The molecule has 0 saturated heterocycles. The molecule has 0 aromatic carbocycles. The maximum Gasteiger partial charge on any atom is 0.268 e. The summed E-state index contributed by atoms with van der Waals surface area (Å²) in [5.41, 5.74) is 4.73. The van der Waals surface area contributed by atoms with Crippen molar-refractivity contribution >= 4 is 5.91 Å². The molecule has 110 valence electrons. The van der Waals surface area contributed by atoms with Crippen LogP contribution in [0.1, 0.15) is 39.6 Å². The number of carbonyl (C=O) groups excluding carboxylic acids is 1. The van der Waals surface area contributed by atoms with Crippen LogP contribution in [-0.4, -0.2) is 10.5 Å². The van der Waals surface area contributed by atoms with Crippen molar-refractivity contribution in [2.75, 3.05) is 0 Å². The van der Waals surface area contributed by atoms with Crippen LogP contribution in [-0.2, 0) is 19.4 Å². The van der Waals surface area contributed by atoms with Crippen molar-refractivity contribution in [2.45, 2.75) is 32.7 Å². The molecule has 0 saturated carbocycles. The van der Waals surface area contributed by atoms with E-state index >= 15 is 0 Å². The minimum atomic E-state index is -0.395. The Kier molecular flexibility index (Phi) is 3.39. The average molecular weight is 287 g/mol. The normalized spacial score (nSPS) is 13.2. The zero-order valence-corrected chi connectivity index (χ0v) is 11.8. The van der Waals surface area contributed by atoms with Gasteiger partial charge in [0.15, 0.2) is 0 Å². The Morgan fingerprint density at radius 1 is 1.43 bits per heavy atom. The number of aromatic nitrogens is 1. The van der Waals surface area contributed by atoms with Gasteiger partial charge in [0.25, 0.3) is 11.5 Å². The van der Waals surface area contributed by atoms with Gasteiger partial charge in [-0.05, 0) is 37.8 Å². The first-order valence-corrected chi connectivity index (χ1v) is 6.92. The number of hydrazine groups is 1. The van der Waals surface area contributed by atoms with E-state index in [0.717, 1.165) is 25.0 Å². The van der Waals surface area contributed by atoms with Crippen LogP contribution in [0, 0.1) is 6.92 Å². The summed E-state index contributed by atoms with van der Waals surface area (Å²) >= 11 is 0. The molecule has 2 heterocycles. The molecule has 3 N–H and O–H groups in total. The van der Waals surface area contributed by atoms with E-state index in [9.17, 15) is 9.59 Å². The van der Waals surface area contributed by atoms with Crippen molar-refractivity contribution < 1.29 is 9.21 Å². The highest BCUT2D eigenvalue weighted by atomic mass is 16.3. The summed E-state index contributed by atoms with van der Waals surface area (Å²) in [6.07, 6.45) is 2.98. The number of hydrogen-bond donors (Lipinski definition) is 2. The summed E-state index contributed by atoms with van der Waals surface area (Å²) in [6.45, 7) is 2.03. The van der Waals surface area contributed by atoms with Crippen molar-refractivity contribution in [3.63, 3.8) is 0 Å². The van der Waals surface area contributed by atoms with E-state index in [-0.39, 0.29) is 5.56 Å². The maximum absolute atomic E-state index is 12.1. The molecule has 0 aliphatic heterocycles. The van der Waals surface area contributed by atoms with Crippen LogP contribution < -0.4 is 16.8 Å².